The van der Waals surface area contributed by atoms with E-state index in [4.69, 9.17) is 4.74 Å². The van der Waals surface area contributed by atoms with E-state index in [1.807, 2.05) is 31.2 Å². The van der Waals surface area contributed by atoms with Gasteiger partial charge in [-0.25, -0.2) is 13.2 Å². The Morgan fingerprint density at radius 2 is 2.05 bits per heavy atom. The van der Waals surface area contributed by atoms with Crippen molar-refractivity contribution in [1.29, 1.82) is 0 Å². The van der Waals surface area contributed by atoms with Gasteiger partial charge in [0.05, 0.1) is 18.1 Å². The van der Waals surface area contributed by atoms with Crippen LogP contribution in [0.4, 0.5) is 10.5 Å². The molecule has 1 aromatic carbocycles. The van der Waals surface area contributed by atoms with E-state index in [1.165, 1.54) is 0 Å². The number of carbonyl (C=O) groups excluding carboxylic acids is 1. The molecular formula is C15H22N2O4S. The average Bonchev–Trinajstić information content (AvgIpc) is 2.82. The van der Waals surface area contributed by atoms with Crippen LogP contribution in [0.15, 0.2) is 24.3 Å². The molecule has 0 bridgehead atoms. The second kappa shape index (κ2) is 7.11. The van der Waals surface area contributed by atoms with E-state index in [1.54, 1.807) is 12.0 Å². The molecule has 1 aromatic rings. The van der Waals surface area contributed by atoms with Crippen molar-refractivity contribution in [3.63, 3.8) is 0 Å². The second-order valence-corrected chi connectivity index (χ2v) is 7.77. The molecule has 0 radical (unpaired) electrons. The molecular weight excluding hydrogens is 304 g/mol. The molecule has 0 aromatic heterocycles. The fourth-order valence-electron chi connectivity index (χ4n) is 2.49. The number of amides is 2. The maximum atomic E-state index is 12.5. The Kier molecular flexibility index (Phi) is 5.42. The molecule has 1 unspecified atom stereocenters. The predicted molar refractivity (Wildman–Crippen MR) is 85.8 cm³/mol. The summed E-state index contributed by atoms with van der Waals surface area (Å²) >= 11 is 0. The first-order chi connectivity index (χ1) is 10.4. The van der Waals surface area contributed by atoms with Gasteiger partial charge in [0.2, 0.25) is 0 Å². The topological polar surface area (TPSA) is 75.7 Å². The first-order valence-electron chi connectivity index (χ1n) is 7.25. The zero-order chi connectivity index (χ0) is 16.2. The SMILES string of the molecule is COCCN(C(=O)Nc1ccc(C)cc1)C1CCS(=O)(=O)C1. The molecule has 2 amide bonds. The molecule has 0 aliphatic carbocycles. The van der Waals surface area contributed by atoms with E-state index >= 15 is 0 Å². The number of rotatable bonds is 5. The van der Waals surface area contributed by atoms with E-state index in [9.17, 15) is 13.2 Å². The summed E-state index contributed by atoms with van der Waals surface area (Å²) in [5, 5.41) is 2.82. The third-order valence-electron chi connectivity index (χ3n) is 3.75. The summed E-state index contributed by atoms with van der Waals surface area (Å²) in [5.74, 6) is 0.164. The summed E-state index contributed by atoms with van der Waals surface area (Å²) in [4.78, 5) is 14.0. The Labute approximate surface area is 131 Å². The zero-order valence-electron chi connectivity index (χ0n) is 12.9. The van der Waals surface area contributed by atoms with E-state index in [-0.39, 0.29) is 23.6 Å². The fraction of sp³-hybridized carbons (Fsp3) is 0.533. The molecule has 1 aliphatic heterocycles. The molecule has 1 N–H and O–H groups in total. The lowest BCUT2D eigenvalue weighted by atomic mass is 10.2. The van der Waals surface area contributed by atoms with Crippen LogP contribution >= 0.6 is 0 Å². The quantitative estimate of drug-likeness (QED) is 0.893. The van der Waals surface area contributed by atoms with Gasteiger partial charge < -0.3 is 15.0 Å². The maximum absolute atomic E-state index is 12.5. The lowest BCUT2D eigenvalue weighted by Crippen LogP contribution is -2.45. The smallest absolute Gasteiger partial charge is 0.322 e. The first-order valence-corrected chi connectivity index (χ1v) is 9.07. The normalized spacial score (nSPS) is 19.8. The number of aryl methyl sites for hydroxylation is 1. The van der Waals surface area contributed by atoms with Gasteiger partial charge in [0.1, 0.15) is 0 Å². The molecule has 1 atom stereocenters. The highest BCUT2D eigenvalue weighted by Gasteiger charge is 2.34. The van der Waals surface area contributed by atoms with Gasteiger partial charge in [-0.3, -0.25) is 0 Å². The fourth-order valence-corrected chi connectivity index (χ4v) is 4.22. The molecule has 0 saturated carbocycles. The Balaban J connectivity index is 2.07. The molecule has 7 heteroatoms. The highest BCUT2D eigenvalue weighted by molar-refractivity contribution is 7.91. The van der Waals surface area contributed by atoms with Crippen molar-refractivity contribution in [1.82, 2.24) is 4.90 Å². The van der Waals surface area contributed by atoms with Gasteiger partial charge in [-0.05, 0) is 25.5 Å². The minimum absolute atomic E-state index is 0.0258. The second-order valence-electron chi connectivity index (χ2n) is 5.54. The van der Waals surface area contributed by atoms with Crippen LogP contribution in [0.2, 0.25) is 0 Å². The van der Waals surface area contributed by atoms with Crippen molar-refractivity contribution in [3.8, 4) is 0 Å². The number of nitrogens with zero attached hydrogens (tertiary/aromatic N) is 1. The molecule has 1 aliphatic rings. The molecule has 2 rings (SSSR count). The average molecular weight is 326 g/mol. The number of benzene rings is 1. The number of methoxy groups -OCH3 is 1. The largest absolute Gasteiger partial charge is 0.383 e. The Bertz CT molecular complexity index is 613. The molecule has 1 saturated heterocycles. The number of sulfone groups is 1. The van der Waals surface area contributed by atoms with Crippen LogP contribution in [-0.2, 0) is 14.6 Å². The number of carbonyl (C=O) groups is 1. The number of hydrogen-bond donors (Lipinski definition) is 1. The third kappa shape index (κ3) is 4.45. The number of urea groups is 1. The lowest BCUT2D eigenvalue weighted by Gasteiger charge is -2.28. The van der Waals surface area contributed by atoms with Crippen LogP contribution < -0.4 is 5.32 Å². The van der Waals surface area contributed by atoms with Gasteiger partial charge in [-0.2, -0.15) is 0 Å². The number of nitrogens with one attached hydrogen (secondary N) is 1. The maximum Gasteiger partial charge on any atom is 0.322 e. The Morgan fingerprint density at radius 1 is 1.36 bits per heavy atom. The van der Waals surface area contributed by atoms with E-state index in [0.717, 1.165) is 5.56 Å². The minimum Gasteiger partial charge on any atom is -0.383 e. The Morgan fingerprint density at radius 3 is 2.59 bits per heavy atom. The van der Waals surface area contributed by atoms with Crippen LogP contribution in [0.3, 0.4) is 0 Å². The van der Waals surface area contributed by atoms with Crippen LogP contribution in [0, 0.1) is 6.92 Å². The van der Waals surface area contributed by atoms with Crippen molar-refractivity contribution in [3.05, 3.63) is 29.8 Å². The van der Waals surface area contributed by atoms with Gasteiger partial charge in [-0.15, -0.1) is 0 Å². The summed E-state index contributed by atoms with van der Waals surface area (Å²) in [6, 6.07) is 6.90. The third-order valence-corrected chi connectivity index (χ3v) is 5.50. The summed E-state index contributed by atoms with van der Waals surface area (Å²) in [7, 11) is -1.48. The van der Waals surface area contributed by atoms with Crippen molar-refractivity contribution in [2.45, 2.75) is 19.4 Å². The lowest BCUT2D eigenvalue weighted by molar-refractivity contribution is 0.140. The van der Waals surface area contributed by atoms with E-state index in [2.05, 4.69) is 5.32 Å². The standard InChI is InChI=1S/C15H22N2O4S/c1-12-3-5-13(6-4-12)16-15(18)17(8-9-21-2)14-7-10-22(19,20)11-14/h3-6,14H,7-11H2,1-2H3,(H,16,18). The number of hydrogen-bond acceptors (Lipinski definition) is 4. The predicted octanol–water partition coefficient (Wildman–Crippen LogP) is 1.66. The van der Waals surface area contributed by atoms with Crippen molar-refractivity contribution in [2.75, 3.05) is 37.1 Å². The van der Waals surface area contributed by atoms with Gasteiger partial charge in [-0.1, -0.05) is 17.7 Å². The minimum atomic E-state index is -3.04. The Hall–Kier alpha value is -1.60. The summed E-state index contributed by atoms with van der Waals surface area (Å²) in [5.41, 5.74) is 1.80. The highest BCUT2D eigenvalue weighted by Crippen LogP contribution is 2.19. The summed E-state index contributed by atoms with van der Waals surface area (Å²) in [6.45, 7) is 2.71. The monoisotopic (exact) mass is 326 g/mol. The highest BCUT2D eigenvalue weighted by atomic mass is 32.2. The molecule has 22 heavy (non-hydrogen) atoms. The number of anilines is 1. The van der Waals surface area contributed by atoms with E-state index in [0.29, 0.717) is 25.3 Å². The summed E-state index contributed by atoms with van der Waals surface area (Å²) < 4.78 is 28.3. The van der Waals surface area contributed by atoms with Gasteiger partial charge >= 0.3 is 6.03 Å². The molecule has 1 fully saturated rings. The van der Waals surface area contributed by atoms with E-state index < -0.39 is 9.84 Å². The summed E-state index contributed by atoms with van der Waals surface area (Å²) in [6.07, 6.45) is 0.480. The van der Waals surface area contributed by atoms with Gasteiger partial charge in [0.25, 0.3) is 0 Å². The van der Waals surface area contributed by atoms with Crippen LogP contribution in [-0.4, -0.2) is 57.2 Å². The molecule has 1 heterocycles. The molecule has 122 valence electrons. The van der Waals surface area contributed by atoms with Gasteiger partial charge in [0, 0.05) is 25.4 Å². The molecule has 6 nitrogen and oxygen atoms in total. The molecule has 0 spiro atoms. The van der Waals surface area contributed by atoms with Crippen LogP contribution in [0.25, 0.3) is 0 Å². The van der Waals surface area contributed by atoms with Crippen LogP contribution in [0.5, 0.6) is 0 Å². The van der Waals surface area contributed by atoms with Crippen LogP contribution in [0.1, 0.15) is 12.0 Å². The zero-order valence-corrected chi connectivity index (χ0v) is 13.7. The first kappa shape index (κ1) is 16.8. The number of ether oxygens (including phenoxy) is 1. The van der Waals surface area contributed by atoms with Crippen molar-refractivity contribution >= 4 is 21.6 Å². The van der Waals surface area contributed by atoms with Crippen molar-refractivity contribution < 1.29 is 17.9 Å². The van der Waals surface area contributed by atoms with Gasteiger partial charge in [0.15, 0.2) is 9.84 Å². The van der Waals surface area contributed by atoms with Crippen molar-refractivity contribution in [2.24, 2.45) is 0 Å².